The Balaban J connectivity index is 1.89. The average molecular weight is 207 g/mol. The van der Waals surface area contributed by atoms with Gasteiger partial charge in [0.2, 0.25) is 0 Å². The predicted molar refractivity (Wildman–Crippen MR) is 68.6 cm³/mol. The first-order chi connectivity index (χ1) is 7.07. The van der Waals surface area contributed by atoms with Gasteiger partial charge in [0.15, 0.2) is 6.71 Å². The van der Waals surface area contributed by atoms with Crippen molar-refractivity contribution in [3.05, 3.63) is 0 Å². The first-order valence-corrected chi connectivity index (χ1v) is 6.83. The van der Waals surface area contributed by atoms with Crippen LogP contribution in [0.4, 0.5) is 0 Å². The zero-order valence-electron chi connectivity index (χ0n) is 11.0. The van der Waals surface area contributed by atoms with Crippen LogP contribution in [-0.4, -0.2) is 18.7 Å². The van der Waals surface area contributed by atoms with Gasteiger partial charge in [0.25, 0.3) is 0 Å². The summed E-state index contributed by atoms with van der Waals surface area (Å²) in [7, 11) is 0. The Morgan fingerprint density at radius 3 is 2.40 bits per heavy atom. The Kier molecular flexibility index (Phi) is 2.91. The fraction of sp³-hybridized carbons (Fsp3) is 1.00. The number of hydrogen-bond acceptors (Lipinski definition) is 1. The van der Waals surface area contributed by atoms with Gasteiger partial charge in [-0.2, -0.15) is 0 Å². The second kappa shape index (κ2) is 3.80. The van der Waals surface area contributed by atoms with E-state index in [1.165, 1.54) is 19.3 Å². The first-order valence-electron chi connectivity index (χ1n) is 6.83. The van der Waals surface area contributed by atoms with Crippen LogP contribution in [-0.2, 0) is 0 Å². The van der Waals surface area contributed by atoms with Crippen molar-refractivity contribution in [1.29, 1.82) is 0 Å². The van der Waals surface area contributed by atoms with Crippen LogP contribution in [0.3, 0.4) is 0 Å². The molecule has 2 aliphatic heterocycles. The molecule has 0 spiro atoms. The molecule has 2 heteroatoms. The van der Waals surface area contributed by atoms with E-state index in [1.807, 2.05) is 0 Å². The topological polar surface area (TPSA) is 12.0 Å². The molecule has 0 aromatic rings. The minimum absolute atomic E-state index is 0.661. The standard InChI is InChI=1S/C13H26BN/c1-6-10(5)8-13-11(7-2)14(13)12(13)15-9(3)4/h9-12,15H,6-8H2,1-5H3. The highest BCUT2D eigenvalue weighted by Gasteiger charge is 2.86. The predicted octanol–water partition coefficient (Wildman–Crippen LogP) is 3.37. The Hall–Kier alpha value is 0.0249. The van der Waals surface area contributed by atoms with Crippen molar-refractivity contribution in [2.75, 3.05) is 0 Å². The highest BCUT2D eigenvalue weighted by atomic mass is 15.0. The van der Waals surface area contributed by atoms with E-state index in [2.05, 4.69) is 39.9 Å². The summed E-state index contributed by atoms with van der Waals surface area (Å²) in [4.78, 5) is 0. The minimum Gasteiger partial charge on any atom is -0.319 e. The maximum absolute atomic E-state index is 3.75. The molecular formula is C13H26BN. The molecule has 0 aromatic heterocycles. The van der Waals surface area contributed by atoms with Gasteiger partial charge in [-0.3, -0.25) is 0 Å². The normalized spacial score (nSPS) is 39.2. The lowest BCUT2D eigenvalue weighted by molar-refractivity contribution is 0.399. The van der Waals surface area contributed by atoms with Gasteiger partial charge in [-0.1, -0.05) is 59.7 Å². The van der Waals surface area contributed by atoms with Gasteiger partial charge in [-0.05, 0) is 17.2 Å². The molecule has 4 atom stereocenters. The van der Waals surface area contributed by atoms with E-state index in [9.17, 15) is 0 Å². The van der Waals surface area contributed by atoms with Gasteiger partial charge < -0.3 is 5.32 Å². The molecule has 0 bridgehead atoms. The third-order valence-electron chi connectivity index (χ3n) is 4.82. The molecule has 15 heavy (non-hydrogen) atoms. The second-order valence-electron chi connectivity index (χ2n) is 6.17. The summed E-state index contributed by atoms with van der Waals surface area (Å²) in [6.07, 6.45) is 4.22. The van der Waals surface area contributed by atoms with Gasteiger partial charge in [0.1, 0.15) is 0 Å². The van der Waals surface area contributed by atoms with Gasteiger partial charge in [-0.15, -0.1) is 0 Å². The Morgan fingerprint density at radius 1 is 1.27 bits per heavy atom. The summed E-state index contributed by atoms with van der Waals surface area (Å²) in [5.41, 5.74) is 0. The number of hydrogen-bond donors (Lipinski definition) is 1. The Morgan fingerprint density at radius 2 is 1.93 bits per heavy atom. The molecule has 1 nitrogen and oxygen atoms in total. The van der Waals surface area contributed by atoms with E-state index in [1.54, 1.807) is 0 Å². The quantitative estimate of drug-likeness (QED) is 0.658. The monoisotopic (exact) mass is 207 g/mol. The van der Waals surface area contributed by atoms with Crippen molar-refractivity contribution in [2.45, 2.75) is 77.0 Å². The van der Waals surface area contributed by atoms with Crippen LogP contribution in [0.25, 0.3) is 0 Å². The van der Waals surface area contributed by atoms with Crippen molar-refractivity contribution in [1.82, 2.24) is 5.32 Å². The van der Waals surface area contributed by atoms with E-state index in [0.717, 1.165) is 29.7 Å². The maximum atomic E-state index is 3.75. The van der Waals surface area contributed by atoms with Gasteiger partial charge >= 0.3 is 0 Å². The van der Waals surface area contributed by atoms with E-state index in [0.29, 0.717) is 6.04 Å². The average Bonchev–Trinajstić information content (AvgIpc) is 3.00. The van der Waals surface area contributed by atoms with Crippen molar-refractivity contribution >= 4 is 6.71 Å². The molecule has 0 saturated carbocycles. The smallest absolute Gasteiger partial charge is 0.170 e. The molecule has 0 aliphatic carbocycles. The molecule has 86 valence electrons. The van der Waals surface area contributed by atoms with Crippen molar-refractivity contribution in [3.63, 3.8) is 0 Å². The molecule has 1 N–H and O–H groups in total. The fourth-order valence-corrected chi connectivity index (χ4v) is 3.82. The van der Waals surface area contributed by atoms with Crippen molar-refractivity contribution in [3.8, 4) is 0 Å². The van der Waals surface area contributed by atoms with Crippen LogP contribution in [0.1, 0.15) is 53.9 Å². The van der Waals surface area contributed by atoms with E-state index in [4.69, 9.17) is 0 Å². The summed E-state index contributed by atoms with van der Waals surface area (Å²) in [5.74, 6) is 2.85. The summed E-state index contributed by atoms with van der Waals surface area (Å²) in [6, 6.07) is 0.661. The molecule has 4 unspecified atom stereocenters. The van der Waals surface area contributed by atoms with Crippen LogP contribution in [0, 0.1) is 5.92 Å². The third kappa shape index (κ3) is 1.65. The van der Waals surface area contributed by atoms with Crippen LogP contribution in [0.2, 0.25) is 11.1 Å². The summed E-state index contributed by atoms with van der Waals surface area (Å²) >= 11 is 0. The molecular weight excluding hydrogens is 181 g/mol. The number of rotatable bonds is 6. The Labute approximate surface area is 95.5 Å². The molecule has 2 fully saturated rings. The first kappa shape index (κ1) is 11.5. The molecule has 2 rings (SSSR count). The van der Waals surface area contributed by atoms with E-state index in [-0.39, 0.29) is 0 Å². The van der Waals surface area contributed by atoms with Gasteiger partial charge in [-0.25, -0.2) is 0 Å². The zero-order chi connectivity index (χ0) is 11.2. The molecule has 2 heterocycles. The van der Waals surface area contributed by atoms with Crippen LogP contribution < -0.4 is 5.32 Å². The van der Waals surface area contributed by atoms with Crippen molar-refractivity contribution in [2.24, 2.45) is 5.92 Å². The molecule has 0 aromatic carbocycles. The lowest BCUT2D eigenvalue weighted by atomic mass is 9.73. The SMILES string of the molecule is CCC(C)CC12B(C1CC)C2NC(C)C. The highest BCUT2D eigenvalue weighted by molar-refractivity contribution is 6.91. The van der Waals surface area contributed by atoms with Gasteiger partial charge in [0.05, 0.1) is 0 Å². The van der Waals surface area contributed by atoms with Crippen LogP contribution >= 0.6 is 0 Å². The largest absolute Gasteiger partial charge is 0.319 e. The van der Waals surface area contributed by atoms with Gasteiger partial charge in [0, 0.05) is 6.04 Å². The minimum atomic E-state index is 0.661. The zero-order valence-corrected chi connectivity index (χ0v) is 11.0. The lowest BCUT2D eigenvalue weighted by Gasteiger charge is -2.25. The molecule has 2 saturated heterocycles. The number of nitrogens with one attached hydrogen (secondary N) is 1. The maximum Gasteiger partial charge on any atom is 0.170 e. The second-order valence-corrected chi connectivity index (χ2v) is 6.17. The number of fused-ring (bicyclic) bond motifs is 1. The third-order valence-corrected chi connectivity index (χ3v) is 4.82. The molecule has 0 amide bonds. The van der Waals surface area contributed by atoms with E-state index >= 15 is 0 Å². The molecule has 0 radical (unpaired) electrons. The van der Waals surface area contributed by atoms with Crippen LogP contribution in [0.15, 0.2) is 0 Å². The lowest BCUT2D eigenvalue weighted by Crippen LogP contribution is -2.34. The summed E-state index contributed by atoms with van der Waals surface area (Å²) < 4.78 is 0. The fourth-order valence-electron chi connectivity index (χ4n) is 3.82. The van der Waals surface area contributed by atoms with E-state index < -0.39 is 0 Å². The summed E-state index contributed by atoms with van der Waals surface area (Å²) in [5, 5.41) is 4.50. The highest BCUT2D eigenvalue weighted by Crippen LogP contribution is 2.86. The van der Waals surface area contributed by atoms with Crippen molar-refractivity contribution < 1.29 is 0 Å². The molecule has 2 aliphatic rings. The Bertz CT molecular complexity index is 241. The summed E-state index contributed by atoms with van der Waals surface area (Å²) in [6.45, 7) is 12.7. The van der Waals surface area contributed by atoms with Crippen LogP contribution in [0.5, 0.6) is 0 Å².